The molecule has 0 saturated carbocycles. The van der Waals surface area contributed by atoms with Crippen molar-refractivity contribution in [1.29, 1.82) is 0 Å². The van der Waals surface area contributed by atoms with Crippen molar-refractivity contribution >= 4 is 29.1 Å². The van der Waals surface area contributed by atoms with E-state index in [0.29, 0.717) is 50.7 Å². The Morgan fingerprint density at radius 1 is 1.37 bits per heavy atom. The van der Waals surface area contributed by atoms with E-state index in [0.717, 1.165) is 24.9 Å². The van der Waals surface area contributed by atoms with Gasteiger partial charge in [0.1, 0.15) is 17.4 Å². The molecule has 0 spiro atoms. The van der Waals surface area contributed by atoms with Crippen molar-refractivity contribution in [1.82, 2.24) is 9.88 Å². The number of aliphatic hydroxyl groups is 1. The van der Waals surface area contributed by atoms with Crippen LogP contribution < -0.4 is 10.4 Å². The number of likely N-dealkylation sites (tertiary alicyclic amines) is 1. The third-order valence-corrected chi connectivity index (χ3v) is 6.40. The van der Waals surface area contributed by atoms with E-state index in [-0.39, 0.29) is 11.3 Å². The first-order valence-corrected chi connectivity index (χ1v) is 11.4. The number of aliphatic hydroxyl groups excluding tert-OH is 1. The lowest BCUT2D eigenvalue weighted by molar-refractivity contribution is 0.0973. The third-order valence-electron chi connectivity index (χ3n) is 6.40. The number of fused-ring (bicyclic) bond motifs is 1. The summed E-state index contributed by atoms with van der Waals surface area (Å²) in [6.45, 7) is 9.10. The van der Waals surface area contributed by atoms with Crippen LogP contribution in [-0.4, -0.2) is 52.3 Å². The Labute approximate surface area is 203 Å². The van der Waals surface area contributed by atoms with Gasteiger partial charge in [0.25, 0.3) is 0 Å². The van der Waals surface area contributed by atoms with E-state index in [2.05, 4.69) is 17.5 Å². The highest BCUT2D eigenvalue weighted by Gasteiger charge is 2.22. The molecule has 7 heteroatoms. The number of benzene rings is 2. The number of rotatable bonds is 3. The molecule has 0 radical (unpaired) electrons. The average molecular weight is 474 g/mol. The average Bonchev–Trinajstić information content (AvgIpc) is 2.84. The van der Waals surface area contributed by atoms with Crippen molar-refractivity contribution in [3.05, 3.63) is 57.8 Å². The lowest BCUT2D eigenvalue weighted by Crippen LogP contribution is -2.42. The summed E-state index contributed by atoms with van der Waals surface area (Å²) in [4.78, 5) is 11.4. The Balaban J connectivity index is 2.02. The molecule has 1 unspecified atom stereocenters. The van der Waals surface area contributed by atoms with Crippen molar-refractivity contribution in [2.75, 3.05) is 20.2 Å². The quantitative estimate of drug-likeness (QED) is 0.347. The normalized spacial score (nSPS) is 17.3. The molecule has 0 amide bonds. The topological polar surface area (TPSA) is 78.2 Å². The van der Waals surface area contributed by atoms with Crippen LogP contribution in [-0.2, 0) is 4.74 Å². The van der Waals surface area contributed by atoms with Crippen molar-refractivity contribution in [2.24, 2.45) is 4.99 Å². The molecule has 1 aliphatic rings. The van der Waals surface area contributed by atoms with Crippen LogP contribution in [0.3, 0.4) is 0 Å². The van der Waals surface area contributed by atoms with Crippen LogP contribution in [0.4, 0.5) is 4.39 Å². The zero-order chi connectivity index (χ0) is 25.3. The fourth-order valence-electron chi connectivity index (χ4n) is 4.51. The zero-order valence-corrected chi connectivity index (χ0v) is 20.1. The Morgan fingerprint density at radius 2 is 2.14 bits per heavy atom. The highest BCUT2D eigenvalue weighted by molar-refractivity contribution is 6.01. The smallest absolute Gasteiger partial charge is 0.186 e. The van der Waals surface area contributed by atoms with Crippen molar-refractivity contribution in [3.63, 3.8) is 0 Å². The largest absolute Gasteiger partial charge is 0.508 e. The highest BCUT2D eigenvalue weighted by atomic mass is 19.1. The number of hydrogen-bond donors (Lipinski definition) is 2. The molecule has 180 valence electrons. The predicted octanol–water partition coefficient (Wildman–Crippen LogP) is 3.03. The van der Waals surface area contributed by atoms with Crippen molar-refractivity contribution in [2.45, 2.75) is 32.8 Å². The first-order chi connectivity index (χ1) is 16.7. The van der Waals surface area contributed by atoms with Crippen LogP contribution in [0.5, 0.6) is 5.75 Å². The van der Waals surface area contributed by atoms with E-state index in [1.54, 1.807) is 32.4 Å². The summed E-state index contributed by atoms with van der Waals surface area (Å²) < 4.78 is 19.9. The van der Waals surface area contributed by atoms with Gasteiger partial charge in [-0.15, -0.1) is 6.42 Å². The maximum atomic E-state index is 14.6. The van der Waals surface area contributed by atoms with Gasteiger partial charge in [-0.05, 0) is 54.1 Å². The number of pyridine rings is 1. The number of phenols is 1. The monoisotopic (exact) mass is 473 g/mol. The van der Waals surface area contributed by atoms with E-state index in [4.69, 9.17) is 16.1 Å². The summed E-state index contributed by atoms with van der Waals surface area (Å²) in [6.07, 6.45) is 8.43. The fraction of sp³-hybridized carbons (Fsp3) is 0.286. The second-order valence-corrected chi connectivity index (χ2v) is 8.68. The summed E-state index contributed by atoms with van der Waals surface area (Å²) in [5.41, 5.74) is 1.91. The standard InChI is InChI=1S/C28H28FN3O3/c1-6-22-25(29)10-9-19-12-21(34)13-23(26(19)22)27-17(3)16(2)24(14-30-27)28(31-18(4)35-5)32-11-7-8-20(33)15-32/h1,9-10,12-14,20,33-34H,2,7-8,11,15H2,3-5H3/b28-24+,31-18+. The molecular formula is C28H28FN3O3. The molecule has 0 bridgehead atoms. The van der Waals surface area contributed by atoms with Crippen LogP contribution in [0, 0.1) is 25.1 Å². The molecule has 1 saturated heterocycles. The van der Waals surface area contributed by atoms with Crippen LogP contribution in [0.15, 0.2) is 35.5 Å². The Bertz CT molecular complexity index is 1490. The van der Waals surface area contributed by atoms with Crippen LogP contribution in [0.1, 0.15) is 30.9 Å². The zero-order valence-electron chi connectivity index (χ0n) is 20.1. The molecule has 1 aromatic heterocycles. The molecule has 2 N–H and O–H groups in total. The minimum absolute atomic E-state index is 0.0212. The Hall–Kier alpha value is -3.89. The number of hydrogen-bond acceptors (Lipinski definition) is 6. The fourth-order valence-corrected chi connectivity index (χ4v) is 4.51. The van der Waals surface area contributed by atoms with E-state index in [1.165, 1.54) is 12.1 Å². The summed E-state index contributed by atoms with van der Waals surface area (Å²) in [7, 11) is 1.55. The third kappa shape index (κ3) is 4.58. The molecule has 2 heterocycles. The number of ether oxygens (including phenoxy) is 1. The summed E-state index contributed by atoms with van der Waals surface area (Å²) >= 11 is 0. The first kappa shape index (κ1) is 24.2. The second kappa shape index (κ2) is 9.77. The van der Waals surface area contributed by atoms with Crippen molar-refractivity contribution in [3.8, 4) is 29.4 Å². The Kier molecular flexibility index (Phi) is 6.77. The van der Waals surface area contributed by atoms with Gasteiger partial charge < -0.3 is 19.8 Å². The molecule has 1 aliphatic heterocycles. The molecule has 1 atom stereocenters. The molecule has 35 heavy (non-hydrogen) atoms. The lowest BCUT2D eigenvalue weighted by Gasteiger charge is -2.32. The number of halogens is 1. The maximum absolute atomic E-state index is 14.6. The van der Waals surface area contributed by atoms with Gasteiger partial charge in [0.15, 0.2) is 5.90 Å². The predicted molar refractivity (Wildman–Crippen MR) is 137 cm³/mol. The summed E-state index contributed by atoms with van der Waals surface area (Å²) in [5.74, 6) is 3.03. The van der Waals surface area contributed by atoms with Gasteiger partial charge in [-0.25, -0.2) is 4.39 Å². The number of terminal acetylenes is 1. The minimum Gasteiger partial charge on any atom is -0.508 e. The number of methoxy groups -OCH3 is 1. The van der Waals surface area contributed by atoms with E-state index >= 15 is 0 Å². The number of phenolic OH excluding ortho intramolecular Hbond substituents is 1. The molecule has 2 aromatic carbocycles. The van der Waals surface area contributed by atoms with Gasteiger partial charge in [-0.2, -0.15) is 4.99 Å². The number of nitrogens with zero attached hydrogens (tertiary/aromatic N) is 3. The molecule has 0 aliphatic carbocycles. The number of β-amino-alcohol motifs (C(OH)–C–C–N with tert-alkyl or cyclic N) is 1. The van der Waals surface area contributed by atoms with Gasteiger partial charge in [-0.3, -0.25) is 4.98 Å². The first-order valence-electron chi connectivity index (χ1n) is 11.4. The lowest BCUT2D eigenvalue weighted by atomic mass is 9.94. The maximum Gasteiger partial charge on any atom is 0.186 e. The number of piperidine rings is 1. The molecule has 4 rings (SSSR count). The van der Waals surface area contributed by atoms with E-state index < -0.39 is 11.9 Å². The van der Waals surface area contributed by atoms with Crippen LogP contribution in [0.25, 0.3) is 34.4 Å². The summed E-state index contributed by atoms with van der Waals surface area (Å²) in [5, 5.41) is 23.1. The minimum atomic E-state index is -0.514. The molecular weight excluding hydrogens is 445 g/mol. The molecule has 6 nitrogen and oxygen atoms in total. The number of aliphatic imine (C=N–C) groups is 1. The van der Waals surface area contributed by atoms with E-state index in [1.807, 2.05) is 11.8 Å². The van der Waals surface area contributed by atoms with Gasteiger partial charge in [0, 0.05) is 42.4 Å². The highest BCUT2D eigenvalue weighted by Crippen LogP contribution is 2.35. The summed E-state index contributed by atoms with van der Waals surface area (Å²) in [6, 6.07) is 5.96. The van der Waals surface area contributed by atoms with Gasteiger partial charge in [0.05, 0.1) is 24.5 Å². The van der Waals surface area contributed by atoms with E-state index in [9.17, 15) is 14.6 Å². The van der Waals surface area contributed by atoms with Crippen molar-refractivity contribution < 1.29 is 19.3 Å². The van der Waals surface area contributed by atoms with Gasteiger partial charge in [0.2, 0.25) is 0 Å². The van der Waals surface area contributed by atoms with Gasteiger partial charge in [-0.1, -0.05) is 18.6 Å². The molecule has 3 aromatic rings. The number of aromatic nitrogens is 1. The van der Waals surface area contributed by atoms with Crippen LogP contribution >= 0.6 is 0 Å². The number of aromatic hydroxyl groups is 1. The molecule has 1 fully saturated rings. The Morgan fingerprint density at radius 3 is 2.83 bits per heavy atom. The SMILES string of the molecule is C#Cc1c(F)ccc2cc(O)cc(-c3nc/c(=C(/N=C(\C)OC)N4CCCC(O)C4)c(=C)c3C)c12. The van der Waals surface area contributed by atoms with Crippen LogP contribution in [0.2, 0.25) is 0 Å². The second-order valence-electron chi connectivity index (χ2n) is 8.68. The van der Waals surface area contributed by atoms with Gasteiger partial charge >= 0.3 is 0 Å².